The van der Waals surface area contributed by atoms with E-state index in [1.807, 2.05) is 13.2 Å². The summed E-state index contributed by atoms with van der Waals surface area (Å²) in [4.78, 5) is 4.03. The summed E-state index contributed by atoms with van der Waals surface area (Å²) in [6, 6.07) is 2.32. The van der Waals surface area contributed by atoms with Gasteiger partial charge in [0.15, 0.2) is 0 Å². The molecule has 1 aliphatic carbocycles. The summed E-state index contributed by atoms with van der Waals surface area (Å²) in [5.41, 5.74) is 1.14. The van der Waals surface area contributed by atoms with Gasteiger partial charge in [0.2, 0.25) is 0 Å². The summed E-state index contributed by atoms with van der Waals surface area (Å²) in [6.45, 7) is 3.07. The smallest absolute Gasteiger partial charge is 0.0755 e. The minimum Gasteiger partial charge on any atom is -0.380 e. The normalized spacial score (nSPS) is 18.6. The Bertz CT molecular complexity index is 382. The topological polar surface area (TPSA) is 34.2 Å². The number of ether oxygens (including phenoxy) is 1. The van der Waals surface area contributed by atoms with Crippen LogP contribution >= 0.6 is 11.6 Å². The van der Waals surface area contributed by atoms with E-state index in [1.54, 1.807) is 12.4 Å². The number of methoxy groups -OCH3 is 1. The third kappa shape index (κ3) is 3.44. The Morgan fingerprint density at radius 1 is 1.56 bits per heavy atom. The van der Waals surface area contributed by atoms with E-state index in [2.05, 4.69) is 17.2 Å². The number of rotatable bonds is 7. The van der Waals surface area contributed by atoms with Gasteiger partial charge in [0.25, 0.3) is 0 Å². The first-order chi connectivity index (χ1) is 8.76. The largest absolute Gasteiger partial charge is 0.380 e. The fourth-order valence-electron chi connectivity index (χ4n) is 2.48. The molecule has 100 valence electrons. The number of hydrogen-bond donors (Lipinski definition) is 1. The second-order valence-electron chi connectivity index (χ2n) is 4.87. The lowest BCUT2D eigenvalue weighted by Crippen LogP contribution is -2.43. The molecular weight excluding hydrogens is 248 g/mol. The lowest BCUT2D eigenvalue weighted by atomic mass is 9.98. The Balaban J connectivity index is 2.07. The molecule has 0 amide bonds. The van der Waals surface area contributed by atoms with Gasteiger partial charge < -0.3 is 10.1 Å². The van der Waals surface area contributed by atoms with Crippen LogP contribution in [0.1, 0.15) is 25.3 Å². The van der Waals surface area contributed by atoms with Crippen molar-refractivity contribution in [1.82, 2.24) is 10.3 Å². The quantitative estimate of drug-likeness (QED) is 0.826. The highest BCUT2D eigenvalue weighted by molar-refractivity contribution is 6.31. The molecule has 0 aromatic carbocycles. The molecule has 0 saturated heterocycles. The van der Waals surface area contributed by atoms with Gasteiger partial charge in [0, 0.05) is 25.5 Å². The van der Waals surface area contributed by atoms with Crippen LogP contribution in [0.2, 0.25) is 5.02 Å². The second kappa shape index (κ2) is 6.50. The molecule has 1 saturated carbocycles. The van der Waals surface area contributed by atoms with Crippen molar-refractivity contribution in [2.75, 3.05) is 13.7 Å². The van der Waals surface area contributed by atoms with E-state index in [4.69, 9.17) is 16.3 Å². The summed E-state index contributed by atoms with van der Waals surface area (Å²) in [6.07, 6.45) is 7.25. The summed E-state index contributed by atoms with van der Waals surface area (Å²) in [7, 11) is 1.81. The molecule has 1 aromatic rings. The molecule has 1 N–H and O–H groups in total. The third-order valence-corrected chi connectivity index (χ3v) is 3.86. The van der Waals surface area contributed by atoms with Crippen LogP contribution in [-0.2, 0) is 11.2 Å². The zero-order valence-electron chi connectivity index (χ0n) is 11.0. The number of hydrogen-bond acceptors (Lipinski definition) is 3. The van der Waals surface area contributed by atoms with E-state index < -0.39 is 0 Å². The van der Waals surface area contributed by atoms with E-state index in [0.717, 1.165) is 23.6 Å². The third-order valence-electron chi connectivity index (χ3n) is 3.52. The summed E-state index contributed by atoms with van der Waals surface area (Å²) in [5.74, 6) is 0.708. The minimum atomic E-state index is 0.286. The van der Waals surface area contributed by atoms with E-state index in [-0.39, 0.29) is 6.10 Å². The predicted octanol–water partition coefficient (Wildman–Crippen LogP) is 2.68. The van der Waals surface area contributed by atoms with E-state index >= 15 is 0 Å². The highest BCUT2D eigenvalue weighted by Gasteiger charge is 2.36. The van der Waals surface area contributed by atoms with E-state index in [1.165, 1.54) is 12.8 Å². The number of halogens is 1. The van der Waals surface area contributed by atoms with Gasteiger partial charge in [-0.3, -0.25) is 4.98 Å². The zero-order valence-corrected chi connectivity index (χ0v) is 11.8. The molecule has 2 atom stereocenters. The molecule has 0 spiro atoms. The van der Waals surface area contributed by atoms with Crippen molar-refractivity contribution in [3.8, 4) is 0 Å². The van der Waals surface area contributed by atoms with Gasteiger partial charge in [0.05, 0.1) is 11.1 Å². The van der Waals surface area contributed by atoms with Crippen molar-refractivity contribution < 1.29 is 4.74 Å². The number of likely N-dealkylation sites (N-methyl/N-ethyl adjacent to an activating group) is 1. The van der Waals surface area contributed by atoms with Gasteiger partial charge in [-0.25, -0.2) is 0 Å². The SMILES string of the molecule is CCNC(Cc1ccncc1Cl)C(OC)C1CC1. The molecule has 1 aromatic heterocycles. The molecule has 2 rings (SSSR count). The first-order valence-electron chi connectivity index (χ1n) is 6.60. The van der Waals surface area contributed by atoms with Gasteiger partial charge in [-0.15, -0.1) is 0 Å². The number of pyridine rings is 1. The van der Waals surface area contributed by atoms with Crippen molar-refractivity contribution in [3.63, 3.8) is 0 Å². The maximum Gasteiger partial charge on any atom is 0.0755 e. The highest BCUT2D eigenvalue weighted by atomic mass is 35.5. The Morgan fingerprint density at radius 3 is 2.89 bits per heavy atom. The van der Waals surface area contributed by atoms with Crippen LogP contribution in [0.25, 0.3) is 0 Å². The average Bonchev–Trinajstić information content (AvgIpc) is 3.18. The standard InChI is InChI=1S/C14H21ClN2O/c1-3-17-13(14(18-2)10-4-5-10)8-11-6-7-16-9-12(11)15/h6-7,9-10,13-14,17H,3-5,8H2,1-2H3. The Labute approximate surface area is 114 Å². The Morgan fingerprint density at radius 2 is 2.33 bits per heavy atom. The van der Waals surface area contributed by atoms with Gasteiger partial charge in [-0.1, -0.05) is 18.5 Å². The molecule has 1 heterocycles. The Kier molecular flexibility index (Phi) is 4.98. The summed E-state index contributed by atoms with van der Waals surface area (Å²) >= 11 is 6.18. The molecule has 0 aliphatic heterocycles. The predicted molar refractivity (Wildman–Crippen MR) is 73.9 cm³/mol. The molecule has 4 heteroatoms. The molecular formula is C14H21ClN2O. The number of aromatic nitrogens is 1. The van der Waals surface area contributed by atoms with Crippen molar-refractivity contribution in [1.29, 1.82) is 0 Å². The zero-order chi connectivity index (χ0) is 13.0. The molecule has 0 radical (unpaired) electrons. The van der Waals surface area contributed by atoms with Gasteiger partial charge in [0.1, 0.15) is 0 Å². The van der Waals surface area contributed by atoms with Crippen LogP contribution in [0.5, 0.6) is 0 Å². The van der Waals surface area contributed by atoms with Crippen LogP contribution in [0.4, 0.5) is 0 Å². The van der Waals surface area contributed by atoms with Crippen molar-refractivity contribution in [2.45, 2.75) is 38.3 Å². The fraction of sp³-hybridized carbons (Fsp3) is 0.643. The maximum absolute atomic E-state index is 6.18. The van der Waals surface area contributed by atoms with Crippen LogP contribution in [0.15, 0.2) is 18.5 Å². The van der Waals surface area contributed by atoms with Crippen LogP contribution < -0.4 is 5.32 Å². The van der Waals surface area contributed by atoms with E-state index in [0.29, 0.717) is 12.0 Å². The van der Waals surface area contributed by atoms with Crippen molar-refractivity contribution >= 4 is 11.6 Å². The van der Waals surface area contributed by atoms with Crippen LogP contribution in [0, 0.1) is 5.92 Å². The number of nitrogens with zero attached hydrogens (tertiary/aromatic N) is 1. The maximum atomic E-state index is 6.18. The van der Waals surface area contributed by atoms with E-state index in [9.17, 15) is 0 Å². The fourth-order valence-corrected chi connectivity index (χ4v) is 2.68. The lowest BCUT2D eigenvalue weighted by molar-refractivity contribution is 0.0516. The second-order valence-corrected chi connectivity index (χ2v) is 5.28. The van der Waals surface area contributed by atoms with Gasteiger partial charge in [-0.05, 0) is 43.4 Å². The summed E-state index contributed by atoms with van der Waals surface area (Å²) < 4.78 is 5.68. The minimum absolute atomic E-state index is 0.286. The lowest BCUT2D eigenvalue weighted by Gasteiger charge is -2.27. The average molecular weight is 269 g/mol. The van der Waals surface area contributed by atoms with Crippen molar-refractivity contribution in [3.05, 3.63) is 29.0 Å². The van der Waals surface area contributed by atoms with Gasteiger partial charge >= 0.3 is 0 Å². The molecule has 1 aliphatic rings. The highest BCUT2D eigenvalue weighted by Crippen LogP contribution is 2.36. The first-order valence-corrected chi connectivity index (χ1v) is 6.98. The van der Waals surface area contributed by atoms with Crippen LogP contribution in [-0.4, -0.2) is 30.8 Å². The molecule has 2 unspecified atom stereocenters. The first kappa shape index (κ1) is 13.8. The van der Waals surface area contributed by atoms with Gasteiger partial charge in [-0.2, -0.15) is 0 Å². The summed E-state index contributed by atoms with van der Waals surface area (Å²) in [5, 5.41) is 4.27. The Hall–Kier alpha value is -0.640. The van der Waals surface area contributed by atoms with Crippen LogP contribution in [0.3, 0.4) is 0 Å². The molecule has 3 nitrogen and oxygen atoms in total. The van der Waals surface area contributed by atoms with Crippen molar-refractivity contribution in [2.24, 2.45) is 5.92 Å². The molecule has 1 fully saturated rings. The molecule has 0 bridgehead atoms. The molecule has 18 heavy (non-hydrogen) atoms. The number of nitrogens with one attached hydrogen (secondary N) is 1. The monoisotopic (exact) mass is 268 g/mol.